The van der Waals surface area contributed by atoms with Crippen LogP contribution in [0.2, 0.25) is 0 Å². The van der Waals surface area contributed by atoms with Crippen LogP contribution < -0.4 is 5.73 Å². The third kappa shape index (κ3) is 2.27. The molecule has 1 aliphatic rings. The molecule has 0 bridgehead atoms. The third-order valence-electron chi connectivity index (χ3n) is 2.84. The summed E-state index contributed by atoms with van der Waals surface area (Å²) in [6.45, 7) is 2.50. The summed E-state index contributed by atoms with van der Waals surface area (Å²) in [5.41, 5.74) is 7.07. The van der Waals surface area contributed by atoms with Gasteiger partial charge in [-0.2, -0.15) is 0 Å². The molecule has 1 fully saturated rings. The van der Waals surface area contributed by atoms with Crippen molar-refractivity contribution < 1.29 is 4.74 Å². The average Bonchev–Trinajstić information content (AvgIpc) is 2.58. The number of halogens is 1. The van der Waals surface area contributed by atoms with Crippen molar-refractivity contribution in [3.8, 4) is 0 Å². The number of aromatic nitrogens is 3. The molecule has 6 nitrogen and oxygen atoms in total. The predicted octanol–water partition coefficient (Wildman–Crippen LogP) is -0.0920. The van der Waals surface area contributed by atoms with Gasteiger partial charge in [-0.15, -0.1) is 5.10 Å². The zero-order chi connectivity index (χ0) is 11.7. The zero-order valence-corrected chi connectivity index (χ0v) is 11.0. The number of aryl methyl sites for hydroxylation is 1. The number of nitrogens with two attached hydrogens (primary N) is 1. The molecule has 2 atom stereocenters. The lowest BCUT2D eigenvalue weighted by Crippen LogP contribution is -2.45. The molecule has 2 heterocycles. The Morgan fingerprint density at radius 1 is 1.56 bits per heavy atom. The third-order valence-corrected chi connectivity index (χ3v) is 3.40. The minimum Gasteiger partial charge on any atom is -0.374 e. The summed E-state index contributed by atoms with van der Waals surface area (Å²) < 4.78 is 8.07. The van der Waals surface area contributed by atoms with Gasteiger partial charge in [0, 0.05) is 20.1 Å². The van der Waals surface area contributed by atoms with Crippen molar-refractivity contribution in [2.75, 3.05) is 26.7 Å². The van der Waals surface area contributed by atoms with Gasteiger partial charge < -0.3 is 15.4 Å². The Balaban J connectivity index is 2.15. The van der Waals surface area contributed by atoms with Crippen LogP contribution >= 0.6 is 15.9 Å². The van der Waals surface area contributed by atoms with Crippen LogP contribution in [0.15, 0.2) is 4.60 Å². The van der Waals surface area contributed by atoms with Gasteiger partial charge in [-0.3, -0.25) is 0 Å². The molecule has 0 amide bonds. The smallest absolute Gasteiger partial charge is 0.153 e. The molecular formula is C9H16BrN5O. The van der Waals surface area contributed by atoms with E-state index in [0.29, 0.717) is 4.60 Å². The number of morpholine rings is 1. The van der Waals surface area contributed by atoms with Crippen molar-refractivity contribution >= 4 is 15.9 Å². The Hall–Kier alpha value is -0.500. The number of rotatable bonds is 2. The molecule has 0 spiro atoms. The fraction of sp³-hybridized carbons (Fsp3) is 0.778. The predicted molar refractivity (Wildman–Crippen MR) is 62.9 cm³/mol. The average molecular weight is 290 g/mol. The number of hydrogen-bond donors (Lipinski definition) is 1. The maximum Gasteiger partial charge on any atom is 0.153 e. The fourth-order valence-electron chi connectivity index (χ4n) is 1.90. The summed E-state index contributed by atoms with van der Waals surface area (Å²) in [6.07, 6.45) is -0.00718. The summed E-state index contributed by atoms with van der Waals surface area (Å²) in [5.74, 6) is 0. The Labute approximate surface area is 103 Å². The van der Waals surface area contributed by atoms with Gasteiger partial charge in [0.1, 0.15) is 0 Å². The van der Waals surface area contributed by atoms with E-state index < -0.39 is 0 Å². The molecule has 7 heteroatoms. The zero-order valence-electron chi connectivity index (χ0n) is 9.43. The number of hydrogen-bond acceptors (Lipinski definition) is 5. The first-order valence-electron chi connectivity index (χ1n) is 5.20. The van der Waals surface area contributed by atoms with Crippen molar-refractivity contribution in [1.82, 2.24) is 19.9 Å². The van der Waals surface area contributed by atoms with Crippen LogP contribution in [-0.4, -0.2) is 52.7 Å². The maximum absolute atomic E-state index is 6.20. The SMILES string of the molecule is CN1CCOC(C(N)c2c(Br)nnn2C)C1. The van der Waals surface area contributed by atoms with Crippen LogP contribution in [0.3, 0.4) is 0 Å². The molecule has 1 aromatic rings. The molecule has 1 aromatic heterocycles. The molecule has 16 heavy (non-hydrogen) atoms. The van der Waals surface area contributed by atoms with Crippen LogP contribution in [0.4, 0.5) is 0 Å². The summed E-state index contributed by atoms with van der Waals surface area (Å²) >= 11 is 3.36. The van der Waals surface area contributed by atoms with Gasteiger partial charge in [0.05, 0.1) is 24.4 Å². The second-order valence-corrected chi connectivity index (χ2v) is 4.84. The largest absolute Gasteiger partial charge is 0.374 e. The van der Waals surface area contributed by atoms with E-state index in [1.165, 1.54) is 0 Å². The molecule has 1 saturated heterocycles. The van der Waals surface area contributed by atoms with E-state index in [9.17, 15) is 0 Å². The highest BCUT2D eigenvalue weighted by Gasteiger charge is 2.29. The lowest BCUT2D eigenvalue weighted by Gasteiger charge is -2.33. The molecule has 2 unspecified atom stereocenters. The normalized spacial score (nSPS) is 24.6. The summed E-state index contributed by atoms with van der Waals surface area (Å²) in [7, 11) is 3.90. The van der Waals surface area contributed by atoms with Gasteiger partial charge in [0.2, 0.25) is 0 Å². The van der Waals surface area contributed by atoms with Crippen molar-refractivity contribution in [3.63, 3.8) is 0 Å². The number of ether oxygens (including phenoxy) is 1. The summed E-state index contributed by atoms with van der Waals surface area (Å²) in [4.78, 5) is 2.21. The molecule has 1 aliphatic heterocycles. The van der Waals surface area contributed by atoms with Gasteiger partial charge in [0.15, 0.2) is 4.60 Å². The summed E-state index contributed by atoms with van der Waals surface area (Å²) in [6, 6.07) is -0.211. The standard InChI is InChI=1S/C9H16BrN5O/c1-14-3-4-16-6(5-14)7(11)8-9(10)12-13-15(8)2/h6-7H,3-5,11H2,1-2H3. The van der Waals surface area contributed by atoms with Gasteiger partial charge in [0.25, 0.3) is 0 Å². The number of nitrogens with zero attached hydrogens (tertiary/aromatic N) is 4. The molecular weight excluding hydrogens is 274 g/mol. The Morgan fingerprint density at radius 2 is 2.31 bits per heavy atom. The molecule has 2 rings (SSSR count). The molecule has 90 valence electrons. The second-order valence-electron chi connectivity index (χ2n) is 4.09. The monoisotopic (exact) mass is 289 g/mol. The van der Waals surface area contributed by atoms with Crippen LogP contribution in [0, 0.1) is 0 Å². The first-order chi connectivity index (χ1) is 7.59. The highest BCUT2D eigenvalue weighted by Crippen LogP contribution is 2.24. The van der Waals surface area contributed by atoms with E-state index in [1.54, 1.807) is 4.68 Å². The Kier molecular flexibility index (Phi) is 3.58. The van der Waals surface area contributed by atoms with Crippen molar-refractivity contribution in [3.05, 3.63) is 10.3 Å². The molecule has 0 radical (unpaired) electrons. The molecule has 0 aliphatic carbocycles. The second kappa shape index (κ2) is 4.79. The molecule has 0 saturated carbocycles. The van der Waals surface area contributed by atoms with E-state index in [1.807, 2.05) is 7.05 Å². The van der Waals surface area contributed by atoms with E-state index in [4.69, 9.17) is 10.5 Å². The van der Waals surface area contributed by atoms with Crippen LogP contribution in [0.5, 0.6) is 0 Å². The van der Waals surface area contributed by atoms with Crippen LogP contribution in [0.1, 0.15) is 11.7 Å². The van der Waals surface area contributed by atoms with Crippen molar-refractivity contribution in [2.45, 2.75) is 12.1 Å². The van der Waals surface area contributed by atoms with Crippen molar-refractivity contribution in [1.29, 1.82) is 0 Å². The number of likely N-dealkylation sites (N-methyl/N-ethyl adjacent to an activating group) is 1. The lowest BCUT2D eigenvalue weighted by molar-refractivity contribution is -0.0338. The van der Waals surface area contributed by atoms with Crippen LogP contribution in [-0.2, 0) is 11.8 Å². The molecule has 2 N–H and O–H groups in total. The highest BCUT2D eigenvalue weighted by molar-refractivity contribution is 9.10. The van der Waals surface area contributed by atoms with Gasteiger partial charge in [-0.1, -0.05) is 5.21 Å². The first-order valence-corrected chi connectivity index (χ1v) is 5.99. The Bertz CT molecular complexity index is 349. The fourth-order valence-corrected chi connectivity index (χ4v) is 2.49. The first kappa shape index (κ1) is 12.0. The van der Waals surface area contributed by atoms with E-state index in [-0.39, 0.29) is 12.1 Å². The van der Waals surface area contributed by atoms with E-state index >= 15 is 0 Å². The Morgan fingerprint density at radius 3 is 2.88 bits per heavy atom. The van der Waals surface area contributed by atoms with E-state index in [0.717, 1.165) is 25.4 Å². The van der Waals surface area contributed by atoms with Gasteiger partial charge in [-0.25, -0.2) is 4.68 Å². The lowest BCUT2D eigenvalue weighted by atomic mass is 10.1. The minimum absolute atomic E-state index is 0.00718. The summed E-state index contributed by atoms with van der Waals surface area (Å²) in [5, 5.41) is 7.85. The van der Waals surface area contributed by atoms with E-state index in [2.05, 4.69) is 38.2 Å². The highest BCUT2D eigenvalue weighted by atomic mass is 79.9. The minimum atomic E-state index is -0.211. The quantitative estimate of drug-likeness (QED) is 0.824. The molecule has 0 aromatic carbocycles. The topological polar surface area (TPSA) is 69.2 Å². The van der Waals surface area contributed by atoms with Crippen LogP contribution in [0.25, 0.3) is 0 Å². The van der Waals surface area contributed by atoms with Gasteiger partial charge in [-0.05, 0) is 23.0 Å². The van der Waals surface area contributed by atoms with Gasteiger partial charge >= 0.3 is 0 Å². The maximum atomic E-state index is 6.20. The van der Waals surface area contributed by atoms with Crippen molar-refractivity contribution in [2.24, 2.45) is 12.8 Å².